The molecule has 1 saturated carbocycles. The predicted molar refractivity (Wildman–Crippen MR) is 64.2 cm³/mol. The average Bonchev–Trinajstić information content (AvgIpc) is 2.77. The van der Waals surface area contributed by atoms with E-state index in [9.17, 15) is 23.1 Å². The molecule has 0 saturated heterocycles. The first-order chi connectivity index (χ1) is 8.77. The molecule has 0 bridgehead atoms. The number of carbonyl (C=O) groups is 1. The summed E-state index contributed by atoms with van der Waals surface area (Å²) in [4.78, 5) is 11.5. The van der Waals surface area contributed by atoms with Gasteiger partial charge in [-0.1, -0.05) is 30.5 Å². The second-order valence-corrected chi connectivity index (χ2v) is 5.19. The smallest absolute Gasteiger partial charge is 0.416 e. The summed E-state index contributed by atoms with van der Waals surface area (Å²) in [5.74, 6) is -1.02. The van der Waals surface area contributed by atoms with E-state index in [-0.39, 0.29) is 10.6 Å². The summed E-state index contributed by atoms with van der Waals surface area (Å²) in [7, 11) is 0. The molecule has 0 amide bonds. The van der Waals surface area contributed by atoms with Gasteiger partial charge in [0.2, 0.25) is 0 Å². The van der Waals surface area contributed by atoms with Crippen LogP contribution in [0.2, 0.25) is 5.02 Å². The Labute approximate surface area is 113 Å². The molecule has 0 aliphatic heterocycles. The number of carboxylic acid groups (broad SMARTS) is 1. The lowest BCUT2D eigenvalue weighted by atomic mass is 9.78. The summed E-state index contributed by atoms with van der Waals surface area (Å²) < 4.78 is 37.7. The maximum atomic E-state index is 12.6. The highest BCUT2D eigenvalue weighted by Gasteiger charge is 2.44. The van der Waals surface area contributed by atoms with Crippen molar-refractivity contribution in [3.8, 4) is 0 Å². The predicted octanol–water partition coefficient (Wildman–Crippen LogP) is 4.26. The zero-order valence-corrected chi connectivity index (χ0v) is 10.7. The fraction of sp³-hybridized carbons (Fsp3) is 0.462. The second-order valence-electron chi connectivity index (χ2n) is 4.79. The Bertz CT molecular complexity index is 505. The molecule has 1 aliphatic carbocycles. The molecule has 0 spiro atoms. The fourth-order valence-electron chi connectivity index (χ4n) is 2.66. The van der Waals surface area contributed by atoms with Gasteiger partial charge in [-0.3, -0.25) is 4.79 Å². The molecule has 1 aromatic rings. The van der Waals surface area contributed by atoms with Gasteiger partial charge in [-0.25, -0.2) is 0 Å². The van der Waals surface area contributed by atoms with Crippen LogP contribution in [0.4, 0.5) is 13.2 Å². The van der Waals surface area contributed by atoms with E-state index in [2.05, 4.69) is 0 Å². The lowest BCUT2D eigenvalue weighted by molar-refractivity contribution is -0.143. The fourth-order valence-corrected chi connectivity index (χ4v) is 3.02. The van der Waals surface area contributed by atoms with Gasteiger partial charge < -0.3 is 5.11 Å². The molecule has 1 fully saturated rings. The molecule has 0 unspecified atom stereocenters. The summed E-state index contributed by atoms with van der Waals surface area (Å²) in [6.07, 6.45) is -2.18. The molecule has 2 nitrogen and oxygen atoms in total. The minimum atomic E-state index is -4.48. The monoisotopic (exact) mass is 292 g/mol. The van der Waals surface area contributed by atoms with Gasteiger partial charge in [0.05, 0.1) is 11.0 Å². The van der Waals surface area contributed by atoms with Crippen LogP contribution in [0.5, 0.6) is 0 Å². The third-order valence-corrected chi connectivity index (χ3v) is 3.99. The summed E-state index contributed by atoms with van der Waals surface area (Å²) in [6, 6.07) is 2.90. The van der Waals surface area contributed by atoms with Gasteiger partial charge in [0, 0.05) is 5.02 Å². The number of halogens is 4. The molecule has 1 N–H and O–H groups in total. The first-order valence-electron chi connectivity index (χ1n) is 5.88. The lowest BCUT2D eigenvalue weighted by Crippen LogP contribution is -2.33. The number of aliphatic carboxylic acids is 1. The third kappa shape index (κ3) is 2.43. The van der Waals surface area contributed by atoms with E-state index in [1.807, 2.05) is 0 Å². The molecule has 104 valence electrons. The van der Waals surface area contributed by atoms with Crippen LogP contribution in [0.15, 0.2) is 18.2 Å². The number of rotatable bonds is 2. The van der Waals surface area contributed by atoms with E-state index < -0.39 is 23.1 Å². The van der Waals surface area contributed by atoms with Gasteiger partial charge in [0.1, 0.15) is 0 Å². The Hall–Kier alpha value is -1.23. The Kier molecular flexibility index (Phi) is 3.51. The van der Waals surface area contributed by atoms with Crippen LogP contribution in [0.3, 0.4) is 0 Å². The molecule has 6 heteroatoms. The Balaban J connectivity index is 2.49. The zero-order chi connectivity index (χ0) is 14.3. The van der Waals surface area contributed by atoms with Crippen LogP contribution in [0.1, 0.15) is 36.8 Å². The maximum absolute atomic E-state index is 12.6. The normalized spacial score (nSPS) is 18.5. The Morgan fingerprint density at radius 3 is 2.26 bits per heavy atom. The zero-order valence-electron chi connectivity index (χ0n) is 9.93. The van der Waals surface area contributed by atoms with Crippen molar-refractivity contribution in [3.05, 3.63) is 34.3 Å². The average molecular weight is 293 g/mol. The molecule has 0 aromatic heterocycles. The van der Waals surface area contributed by atoms with Crippen LogP contribution < -0.4 is 0 Å². The lowest BCUT2D eigenvalue weighted by Gasteiger charge is -2.26. The SMILES string of the molecule is O=C(O)C1(c2ccc(C(F)(F)F)cc2Cl)CCCC1. The highest BCUT2D eigenvalue weighted by molar-refractivity contribution is 6.31. The summed E-state index contributed by atoms with van der Waals surface area (Å²) in [5, 5.41) is 9.26. The van der Waals surface area contributed by atoms with Crippen molar-refractivity contribution in [1.82, 2.24) is 0 Å². The quantitative estimate of drug-likeness (QED) is 0.884. The molecule has 1 aliphatic rings. The summed E-state index contributed by atoms with van der Waals surface area (Å²) in [5.41, 5.74) is -1.71. The Morgan fingerprint density at radius 2 is 1.84 bits per heavy atom. The molecular formula is C13H12ClF3O2. The van der Waals surface area contributed by atoms with E-state index in [1.165, 1.54) is 6.07 Å². The third-order valence-electron chi connectivity index (χ3n) is 3.68. The highest BCUT2D eigenvalue weighted by atomic mass is 35.5. The van der Waals surface area contributed by atoms with E-state index in [4.69, 9.17) is 11.6 Å². The molecule has 0 atom stereocenters. The molecule has 0 radical (unpaired) electrons. The van der Waals surface area contributed by atoms with Gasteiger partial charge in [0.15, 0.2) is 0 Å². The summed E-state index contributed by atoms with van der Waals surface area (Å²) in [6.45, 7) is 0. The van der Waals surface area contributed by atoms with Crippen molar-refractivity contribution in [1.29, 1.82) is 0 Å². The van der Waals surface area contributed by atoms with Crippen molar-refractivity contribution >= 4 is 17.6 Å². The van der Waals surface area contributed by atoms with Crippen molar-refractivity contribution in [2.24, 2.45) is 0 Å². The van der Waals surface area contributed by atoms with E-state index in [0.717, 1.165) is 25.0 Å². The molecule has 1 aromatic carbocycles. The molecule has 2 rings (SSSR count). The topological polar surface area (TPSA) is 37.3 Å². The number of benzene rings is 1. The number of hydrogen-bond donors (Lipinski definition) is 1. The van der Waals surface area contributed by atoms with Gasteiger partial charge in [0.25, 0.3) is 0 Å². The first kappa shape index (κ1) is 14.2. The van der Waals surface area contributed by atoms with Crippen LogP contribution >= 0.6 is 11.6 Å². The van der Waals surface area contributed by atoms with Crippen molar-refractivity contribution < 1.29 is 23.1 Å². The van der Waals surface area contributed by atoms with Gasteiger partial charge in [-0.15, -0.1) is 0 Å². The second kappa shape index (κ2) is 4.71. The minimum Gasteiger partial charge on any atom is -0.481 e. The number of hydrogen-bond acceptors (Lipinski definition) is 1. The van der Waals surface area contributed by atoms with E-state index in [0.29, 0.717) is 12.8 Å². The van der Waals surface area contributed by atoms with Gasteiger partial charge >= 0.3 is 12.1 Å². The van der Waals surface area contributed by atoms with Crippen molar-refractivity contribution in [3.63, 3.8) is 0 Å². The van der Waals surface area contributed by atoms with Gasteiger partial charge in [-0.05, 0) is 30.5 Å². The van der Waals surface area contributed by atoms with Crippen LogP contribution in [0, 0.1) is 0 Å². The maximum Gasteiger partial charge on any atom is 0.416 e. The minimum absolute atomic E-state index is 0.126. The standard InChI is InChI=1S/C13H12ClF3O2/c14-10-7-8(13(15,16)17)3-4-9(10)12(11(18)19)5-1-2-6-12/h3-4,7H,1-2,5-6H2,(H,18,19). The largest absolute Gasteiger partial charge is 0.481 e. The van der Waals surface area contributed by atoms with Crippen LogP contribution in [-0.4, -0.2) is 11.1 Å². The molecule has 19 heavy (non-hydrogen) atoms. The highest BCUT2D eigenvalue weighted by Crippen LogP contribution is 2.45. The Morgan fingerprint density at radius 1 is 1.26 bits per heavy atom. The van der Waals surface area contributed by atoms with Gasteiger partial charge in [-0.2, -0.15) is 13.2 Å². The first-order valence-corrected chi connectivity index (χ1v) is 6.26. The van der Waals surface area contributed by atoms with Crippen molar-refractivity contribution in [2.45, 2.75) is 37.3 Å². The number of alkyl halides is 3. The van der Waals surface area contributed by atoms with Crippen LogP contribution in [-0.2, 0) is 16.4 Å². The molecular weight excluding hydrogens is 281 g/mol. The van der Waals surface area contributed by atoms with E-state index >= 15 is 0 Å². The van der Waals surface area contributed by atoms with Crippen LogP contribution in [0.25, 0.3) is 0 Å². The summed E-state index contributed by atoms with van der Waals surface area (Å²) >= 11 is 5.89. The van der Waals surface area contributed by atoms with E-state index in [1.54, 1.807) is 0 Å². The number of carboxylic acids is 1. The molecule has 0 heterocycles. The van der Waals surface area contributed by atoms with Crippen molar-refractivity contribution in [2.75, 3.05) is 0 Å².